The maximum Gasteiger partial charge on any atom is 0.0445 e. The van der Waals surface area contributed by atoms with Gasteiger partial charge in [0.15, 0.2) is 0 Å². The van der Waals surface area contributed by atoms with E-state index in [0.717, 1.165) is 40.1 Å². The Morgan fingerprint density at radius 3 is 2.36 bits per heavy atom. The summed E-state index contributed by atoms with van der Waals surface area (Å²) in [5.74, 6) is 2.72. The van der Waals surface area contributed by atoms with E-state index in [1.165, 1.54) is 5.57 Å². The van der Waals surface area contributed by atoms with E-state index in [9.17, 15) is 0 Å². The molecular weight excluding hydrogens is 304 g/mol. The molecule has 2 heteroatoms. The number of hydrogen-bond acceptors (Lipinski definition) is 2. The van der Waals surface area contributed by atoms with Crippen molar-refractivity contribution in [2.45, 2.75) is 41.0 Å². The number of hydrogen-bond donors (Lipinski definition) is 0. The van der Waals surface area contributed by atoms with Crippen LogP contribution >= 0.6 is 0 Å². The van der Waals surface area contributed by atoms with Gasteiger partial charge in [-0.05, 0) is 56.9 Å². The number of rotatable bonds is 6. The average molecular weight is 332 g/mol. The monoisotopic (exact) mass is 332 g/mol. The lowest BCUT2D eigenvalue weighted by Crippen LogP contribution is -2.02. The van der Waals surface area contributed by atoms with Crippen LogP contribution in [0.1, 0.15) is 52.2 Å². The topological polar surface area (TPSA) is 24.7 Å². The molecule has 0 atom stereocenters. The first kappa shape index (κ1) is 20.4. The number of allylic oxidation sites excluding steroid dienone is 5. The summed E-state index contributed by atoms with van der Waals surface area (Å²) in [4.78, 5) is 9.02. The normalized spacial score (nSPS) is 14.5. The molecule has 0 unspecified atom stereocenters. The Labute approximate surface area is 152 Å². The second-order valence-electron chi connectivity index (χ2n) is 5.66. The third-order valence-electron chi connectivity index (χ3n) is 4.22. The summed E-state index contributed by atoms with van der Waals surface area (Å²) in [6.45, 7) is 10.2. The second-order valence-corrected chi connectivity index (χ2v) is 5.66. The molecule has 0 saturated heterocycles. The van der Waals surface area contributed by atoms with Crippen LogP contribution in [0.4, 0.5) is 0 Å². The molecule has 0 aliphatic heterocycles. The van der Waals surface area contributed by atoms with E-state index < -0.39 is 0 Å². The van der Waals surface area contributed by atoms with Gasteiger partial charge in [0.05, 0.1) is 0 Å². The summed E-state index contributed by atoms with van der Waals surface area (Å²) in [5.41, 5.74) is 7.26. The Balaban J connectivity index is 3.32. The van der Waals surface area contributed by atoms with Crippen molar-refractivity contribution in [1.29, 1.82) is 0 Å². The standard InChI is InChI=1S/C23H28N2/c1-8-19(9-2)22-14-12-13-21(15-22)17(5)25-16-23(18(6)24-7)20(10-3)11-4/h1,9-10,12-16H,11H2,2-7H3/b19-9+,20-10+,23-16+,24-18-,25-17+. The van der Waals surface area contributed by atoms with Gasteiger partial charge in [-0.15, -0.1) is 6.42 Å². The summed E-state index contributed by atoms with van der Waals surface area (Å²) in [6, 6.07) is 8.17. The van der Waals surface area contributed by atoms with Crippen LogP contribution in [0.25, 0.3) is 5.57 Å². The minimum atomic E-state index is 0.891. The van der Waals surface area contributed by atoms with E-state index in [2.05, 4.69) is 36.0 Å². The lowest BCUT2D eigenvalue weighted by atomic mass is 10.00. The van der Waals surface area contributed by atoms with Gasteiger partial charge < -0.3 is 0 Å². The van der Waals surface area contributed by atoms with E-state index in [1.54, 1.807) is 0 Å². The molecule has 2 nitrogen and oxygen atoms in total. The highest BCUT2D eigenvalue weighted by molar-refractivity contribution is 6.03. The molecule has 1 rings (SSSR count). The van der Waals surface area contributed by atoms with Crippen LogP contribution in [0.3, 0.4) is 0 Å². The zero-order valence-corrected chi connectivity index (χ0v) is 16.2. The van der Waals surface area contributed by atoms with Gasteiger partial charge in [-0.25, -0.2) is 0 Å². The smallest absolute Gasteiger partial charge is 0.0445 e. The van der Waals surface area contributed by atoms with Gasteiger partial charge >= 0.3 is 0 Å². The van der Waals surface area contributed by atoms with Crippen molar-refractivity contribution < 1.29 is 0 Å². The Bertz CT molecular complexity index is 794. The van der Waals surface area contributed by atoms with Crippen LogP contribution in [-0.4, -0.2) is 18.5 Å². The summed E-state index contributed by atoms with van der Waals surface area (Å²) < 4.78 is 0. The quantitative estimate of drug-likeness (QED) is 0.354. The van der Waals surface area contributed by atoms with Crippen LogP contribution in [0.2, 0.25) is 0 Å². The minimum absolute atomic E-state index is 0.891. The fourth-order valence-electron chi connectivity index (χ4n) is 2.56. The van der Waals surface area contributed by atoms with Crippen LogP contribution in [-0.2, 0) is 0 Å². The number of benzene rings is 1. The SMILES string of the molecule is C#C/C(=C\C)c1cccc(/C(C)=N/C=C(C(\C)=N/C)/C(=C/C)CC)c1. The predicted molar refractivity (Wildman–Crippen MR) is 112 cm³/mol. The second kappa shape index (κ2) is 10.3. The molecule has 0 saturated carbocycles. The van der Waals surface area contributed by atoms with E-state index in [-0.39, 0.29) is 0 Å². The molecule has 0 N–H and O–H groups in total. The predicted octanol–water partition coefficient (Wildman–Crippen LogP) is 5.86. The molecule has 0 spiro atoms. The molecule has 130 valence electrons. The molecule has 0 bridgehead atoms. The van der Waals surface area contributed by atoms with Crippen LogP contribution in [0.15, 0.2) is 63.7 Å². The molecule has 0 aliphatic rings. The van der Waals surface area contributed by atoms with Gasteiger partial charge in [0.25, 0.3) is 0 Å². The van der Waals surface area contributed by atoms with Crippen LogP contribution in [0.5, 0.6) is 0 Å². The number of nitrogens with zero attached hydrogens (tertiary/aromatic N) is 2. The fraction of sp³-hybridized carbons (Fsp3) is 0.304. The van der Waals surface area contributed by atoms with Crippen LogP contribution < -0.4 is 0 Å². The largest absolute Gasteiger partial charge is 0.293 e. The summed E-state index contributed by atoms with van der Waals surface area (Å²) in [5, 5.41) is 0. The molecule has 0 aliphatic carbocycles. The van der Waals surface area contributed by atoms with Crippen molar-refractivity contribution >= 4 is 17.0 Å². The first-order valence-corrected chi connectivity index (χ1v) is 8.59. The van der Waals surface area contributed by atoms with Crippen molar-refractivity contribution in [2.24, 2.45) is 9.98 Å². The maximum atomic E-state index is 5.57. The Kier molecular flexibility index (Phi) is 8.36. The Morgan fingerprint density at radius 1 is 1.16 bits per heavy atom. The van der Waals surface area contributed by atoms with Crippen LogP contribution in [0, 0.1) is 12.3 Å². The van der Waals surface area contributed by atoms with Gasteiger partial charge in [0, 0.05) is 35.8 Å². The highest BCUT2D eigenvalue weighted by atomic mass is 14.7. The van der Waals surface area contributed by atoms with Crippen molar-refractivity contribution in [2.75, 3.05) is 7.05 Å². The summed E-state index contributed by atoms with van der Waals surface area (Å²) >= 11 is 0. The molecule has 25 heavy (non-hydrogen) atoms. The zero-order valence-electron chi connectivity index (χ0n) is 16.2. The maximum absolute atomic E-state index is 5.57. The lowest BCUT2D eigenvalue weighted by molar-refractivity contribution is 1.12. The van der Waals surface area contributed by atoms with Crippen molar-refractivity contribution in [3.8, 4) is 12.3 Å². The first-order chi connectivity index (χ1) is 12.0. The van der Waals surface area contributed by atoms with Crippen molar-refractivity contribution in [1.82, 2.24) is 0 Å². The minimum Gasteiger partial charge on any atom is -0.293 e. The van der Waals surface area contributed by atoms with Gasteiger partial charge in [-0.3, -0.25) is 9.98 Å². The molecule has 0 fully saturated rings. The van der Waals surface area contributed by atoms with Gasteiger partial charge in [0.2, 0.25) is 0 Å². The molecule has 0 radical (unpaired) electrons. The highest BCUT2D eigenvalue weighted by Gasteiger charge is 2.06. The van der Waals surface area contributed by atoms with E-state index in [0.29, 0.717) is 0 Å². The van der Waals surface area contributed by atoms with Gasteiger partial charge in [-0.2, -0.15) is 0 Å². The van der Waals surface area contributed by atoms with E-state index in [1.807, 2.05) is 59.2 Å². The van der Waals surface area contributed by atoms with E-state index >= 15 is 0 Å². The molecular formula is C23H28N2. The Morgan fingerprint density at radius 2 is 1.84 bits per heavy atom. The summed E-state index contributed by atoms with van der Waals surface area (Å²) in [7, 11) is 1.81. The average Bonchev–Trinajstić information content (AvgIpc) is 2.65. The molecule has 0 heterocycles. The highest BCUT2D eigenvalue weighted by Crippen LogP contribution is 2.18. The third kappa shape index (κ3) is 5.43. The van der Waals surface area contributed by atoms with Crippen molar-refractivity contribution in [3.63, 3.8) is 0 Å². The summed E-state index contributed by atoms with van der Waals surface area (Å²) in [6.07, 6.45) is 12.5. The van der Waals surface area contributed by atoms with Gasteiger partial charge in [-0.1, -0.05) is 43.2 Å². The lowest BCUT2D eigenvalue weighted by Gasteiger charge is -2.09. The molecule has 1 aromatic rings. The molecule has 0 amide bonds. The first-order valence-electron chi connectivity index (χ1n) is 8.59. The molecule has 1 aromatic carbocycles. The zero-order chi connectivity index (χ0) is 18.8. The third-order valence-corrected chi connectivity index (χ3v) is 4.22. The fourth-order valence-corrected chi connectivity index (χ4v) is 2.56. The Hall–Kier alpha value is -2.66. The van der Waals surface area contributed by atoms with Crippen molar-refractivity contribution in [3.05, 3.63) is 64.9 Å². The van der Waals surface area contributed by atoms with Gasteiger partial charge in [0.1, 0.15) is 0 Å². The van der Waals surface area contributed by atoms with E-state index in [4.69, 9.17) is 11.4 Å². The number of terminal acetylenes is 1. The molecule has 0 aromatic heterocycles. The number of aliphatic imine (C=N–C) groups is 2.